The van der Waals surface area contributed by atoms with E-state index in [1.165, 1.54) is 0 Å². The third-order valence-corrected chi connectivity index (χ3v) is 5.48. The van der Waals surface area contributed by atoms with E-state index in [4.69, 9.17) is 0 Å². The molecule has 0 bridgehead atoms. The Hall–Kier alpha value is -1.69. The van der Waals surface area contributed by atoms with Crippen molar-refractivity contribution in [1.82, 2.24) is 19.8 Å². The van der Waals surface area contributed by atoms with Gasteiger partial charge in [-0.25, -0.2) is 4.98 Å². The fraction of sp³-hybridized carbons (Fsp3) is 0.722. The van der Waals surface area contributed by atoms with E-state index in [-0.39, 0.29) is 11.5 Å². The number of likely N-dealkylation sites (tertiary alicyclic amines) is 1. The van der Waals surface area contributed by atoms with Crippen LogP contribution in [0.1, 0.15) is 43.4 Å². The quantitative estimate of drug-likeness (QED) is 0.901. The number of carbonyl (C=O) groups excluding carboxylic acids is 1. The van der Waals surface area contributed by atoms with Crippen molar-refractivity contribution in [3.05, 3.63) is 27.9 Å². The zero-order valence-electron chi connectivity index (χ0n) is 14.8. The van der Waals surface area contributed by atoms with Gasteiger partial charge in [-0.05, 0) is 58.5 Å². The zero-order chi connectivity index (χ0) is 17.1. The van der Waals surface area contributed by atoms with Crippen molar-refractivity contribution in [3.8, 4) is 0 Å². The van der Waals surface area contributed by atoms with Gasteiger partial charge in [0.15, 0.2) is 0 Å². The number of piperidine rings is 2. The summed E-state index contributed by atoms with van der Waals surface area (Å²) in [6.07, 6.45) is 6.66. The van der Waals surface area contributed by atoms with Crippen molar-refractivity contribution >= 4 is 5.91 Å². The van der Waals surface area contributed by atoms with Gasteiger partial charge in [0, 0.05) is 36.8 Å². The molecule has 132 valence electrons. The molecule has 0 aliphatic carbocycles. The highest BCUT2D eigenvalue weighted by Gasteiger charge is 2.24. The fourth-order valence-corrected chi connectivity index (χ4v) is 3.77. The molecule has 0 aromatic carbocycles. The Kier molecular flexibility index (Phi) is 5.33. The second-order valence-corrected chi connectivity index (χ2v) is 7.31. The van der Waals surface area contributed by atoms with Crippen molar-refractivity contribution in [2.45, 2.75) is 58.5 Å². The summed E-state index contributed by atoms with van der Waals surface area (Å²) in [5.41, 5.74) is 1.67. The van der Waals surface area contributed by atoms with Crippen molar-refractivity contribution in [3.63, 3.8) is 0 Å². The second-order valence-electron chi connectivity index (χ2n) is 7.31. The molecule has 1 unspecified atom stereocenters. The predicted octanol–water partition coefficient (Wildman–Crippen LogP) is 1.24. The van der Waals surface area contributed by atoms with E-state index in [9.17, 15) is 9.59 Å². The topological polar surface area (TPSA) is 67.2 Å². The molecule has 2 saturated heterocycles. The number of aromatic nitrogens is 2. The van der Waals surface area contributed by atoms with Crippen LogP contribution in [0.2, 0.25) is 0 Å². The second kappa shape index (κ2) is 7.47. The number of aryl methyl sites for hydroxylation is 1. The van der Waals surface area contributed by atoms with Gasteiger partial charge < -0.3 is 10.2 Å². The number of carbonyl (C=O) groups is 1. The number of nitrogens with zero attached hydrogens (tertiary/aromatic N) is 3. The standard InChI is InChI=1S/C18H28N4O2/c1-13-14(2)19-12-22(18(13)24)10-15-6-8-21(9-7-15)11-16-4-3-5-17(23)20-16/h12,15-16H,3-11H2,1-2H3,(H,20,23). The SMILES string of the molecule is Cc1ncn(CC2CCN(CC3CCCC(=O)N3)CC2)c(=O)c1C. The molecule has 1 atom stereocenters. The van der Waals surface area contributed by atoms with Gasteiger partial charge in [-0.3, -0.25) is 14.2 Å². The van der Waals surface area contributed by atoms with Crippen LogP contribution in [0.3, 0.4) is 0 Å². The maximum absolute atomic E-state index is 12.3. The normalized spacial score (nSPS) is 23.2. The van der Waals surface area contributed by atoms with Gasteiger partial charge in [0.1, 0.15) is 0 Å². The van der Waals surface area contributed by atoms with Gasteiger partial charge >= 0.3 is 0 Å². The van der Waals surface area contributed by atoms with Gasteiger partial charge in [-0.15, -0.1) is 0 Å². The van der Waals surface area contributed by atoms with Crippen LogP contribution >= 0.6 is 0 Å². The smallest absolute Gasteiger partial charge is 0.256 e. The summed E-state index contributed by atoms with van der Waals surface area (Å²) < 4.78 is 1.77. The highest BCUT2D eigenvalue weighted by atomic mass is 16.1. The first kappa shape index (κ1) is 17.1. The summed E-state index contributed by atoms with van der Waals surface area (Å²) in [6.45, 7) is 7.55. The number of nitrogens with one attached hydrogen (secondary N) is 1. The molecule has 6 heteroatoms. The van der Waals surface area contributed by atoms with Gasteiger partial charge in [0.25, 0.3) is 5.56 Å². The highest BCUT2D eigenvalue weighted by molar-refractivity contribution is 5.76. The molecule has 24 heavy (non-hydrogen) atoms. The highest BCUT2D eigenvalue weighted by Crippen LogP contribution is 2.20. The Morgan fingerprint density at radius 2 is 1.92 bits per heavy atom. The first-order valence-electron chi connectivity index (χ1n) is 9.07. The molecule has 2 aliphatic rings. The largest absolute Gasteiger partial charge is 0.352 e. The van der Waals surface area contributed by atoms with Crippen LogP contribution in [-0.2, 0) is 11.3 Å². The molecule has 0 spiro atoms. The number of rotatable bonds is 4. The van der Waals surface area contributed by atoms with E-state index < -0.39 is 0 Å². The molecule has 2 aliphatic heterocycles. The molecular weight excluding hydrogens is 304 g/mol. The lowest BCUT2D eigenvalue weighted by atomic mass is 9.95. The van der Waals surface area contributed by atoms with Crippen LogP contribution in [0.25, 0.3) is 0 Å². The number of hydrogen-bond acceptors (Lipinski definition) is 4. The third kappa shape index (κ3) is 4.04. The molecule has 2 fully saturated rings. The molecular formula is C18H28N4O2. The molecule has 1 aromatic rings. The summed E-state index contributed by atoms with van der Waals surface area (Å²) >= 11 is 0. The Morgan fingerprint density at radius 3 is 2.62 bits per heavy atom. The molecule has 6 nitrogen and oxygen atoms in total. The maximum atomic E-state index is 12.3. The van der Waals surface area contributed by atoms with Gasteiger partial charge in [-0.1, -0.05) is 0 Å². The van der Waals surface area contributed by atoms with E-state index in [1.54, 1.807) is 10.9 Å². The number of amides is 1. The molecule has 1 aromatic heterocycles. The number of hydrogen-bond donors (Lipinski definition) is 1. The monoisotopic (exact) mass is 332 g/mol. The maximum Gasteiger partial charge on any atom is 0.256 e. The van der Waals surface area contributed by atoms with E-state index in [2.05, 4.69) is 15.2 Å². The van der Waals surface area contributed by atoms with Crippen molar-refractivity contribution in [1.29, 1.82) is 0 Å². The summed E-state index contributed by atoms with van der Waals surface area (Å²) in [5.74, 6) is 0.728. The minimum atomic E-state index is 0.0925. The Labute approximate surface area is 143 Å². The van der Waals surface area contributed by atoms with Crippen LogP contribution in [0.5, 0.6) is 0 Å². The Balaban J connectivity index is 1.49. The molecule has 3 heterocycles. The van der Waals surface area contributed by atoms with Crippen molar-refractivity contribution < 1.29 is 4.79 Å². The van der Waals surface area contributed by atoms with Gasteiger partial charge in [0.2, 0.25) is 5.91 Å². The Morgan fingerprint density at radius 1 is 1.17 bits per heavy atom. The van der Waals surface area contributed by atoms with E-state index in [0.29, 0.717) is 18.4 Å². The van der Waals surface area contributed by atoms with Gasteiger partial charge in [-0.2, -0.15) is 0 Å². The van der Waals surface area contributed by atoms with Crippen LogP contribution < -0.4 is 10.9 Å². The average Bonchev–Trinajstić information content (AvgIpc) is 2.57. The van der Waals surface area contributed by atoms with Crippen molar-refractivity contribution in [2.75, 3.05) is 19.6 Å². The first-order valence-corrected chi connectivity index (χ1v) is 9.07. The summed E-state index contributed by atoms with van der Waals surface area (Å²) in [5, 5.41) is 3.10. The van der Waals surface area contributed by atoms with Crippen molar-refractivity contribution in [2.24, 2.45) is 5.92 Å². The third-order valence-electron chi connectivity index (χ3n) is 5.48. The lowest BCUT2D eigenvalue weighted by Crippen LogP contribution is -2.48. The van der Waals surface area contributed by atoms with E-state index >= 15 is 0 Å². The molecule has 0 radical (unpaired) electrons. The molecule has 1 N–H and O–H groups in total. The Bertz CT molecular complexity index is 647. The summed E-state index contributed by atoms with van der Waals surface area (Å²) in [7, 11) is 0. The van der Waals surface area contributed by atoms with E-state index in [0.717, 1.165) is 63.1 Å². The summed E-state index contributed by atoms with van der Waals surface area (Å²) in [6, 6.07) is 0.314. The molecule has 0 saturated carbocycles. The van der Waals surface area contributed by atoms with Gasteiger partial charge in [0.05, 0.1) is 6.33 Å². The van der Waals surface area contributed by atoms with Crippen LogP contribution in [-0.4, -0.2) is 46.0 Å². The average molecular weight is 332 g/mol. The van der Waals surface area contributed by atoms with Crippen LogP contribution in [0, 0.1) is 19.8 Å². The minimum absolute atomic E-state index is 0.0925. The lowest BCUT2D eigenvalue weighted by molar-refractivity contribution is -0.123. The van der Waals surface area contributed by atoms with Crippen LogP contribution in [0.15, 0.2) is 11.1 Å². The first-order chi connectivity index (χ1) is 11.5. The predicted molar refractivity (Wildman–Crippen MR) is 92.9 cm³/mol. The fourth-order valence-electron chi connectivity index (χ4n) is 3.77. The minimum Gasteiger partial charge on any atom is -0.352 e. The lowest BCUT2D eigenvalue weighted by Gasteiger charge is -2.35. The van der Waals surface area contributed by atoms with Crippen LogP contribution in [0.4, 0.5) is 0 Å². The molecule has 3 rings (SSSR count). The summed E-state index contributed by atoms with van der Waals surface area (Å²) in [4.78, 5) is 30.5. The van der Waals surface area contributed by atoms with E-state index in [1.807, 2.05) is 13.8 Å². The molecule has 1 amide bonds. The zero-order valence-corrected chi connectivity index (χ0v) is 14.8.